The maximum absolute atomic E-state index is 13.6. The fourth-order valence-electron chi connectivity index (χ4n) is 3.91. The molecule has 3 aromatic rings. The van der Waals surface area contributed by atoms with E-state index >= 15 is 0 Å². The molecule has 1 amide bonds. The number of amides is 1. The molecule has 31 heavy (non-hydrogen) atoms. The lowest BCUT2D eigenvalue weighted by Gasteiger charge is -2.14. The molecule has 5 heteroatoms. The molecule has 154 valence electrons. The topological polar surface area (TPSA) is 62.1 Å². The van der Waals surface area contributed by atoms with Gasteiger partial charge in [-0.2, -0.15) is 5.26 Å². The number of carbonyl (C=O) groups is 1. The van der Waals surface area contributed by atoms with E-state index in [2.05, 4.69) is 29.6 Å². The molecular weight excluding hydrogens is 391 g/mol. The smallest absolute Gasteiger partial charge is 0.407 e. The highest BCUT2D eigenvalue weighted by atomic mass is 19.1. The van der Waals surface area contributed by atoms with Gasteiger partial charge in [0.25, 0.3) is 0 Å². The highest BCUT2D eigenvalue weighted by Gasteiger charge is 2.28. The summed E-state index contributed by atoms with van der Waals surface area (Å²) in [7, 11) is 0. The van der Waals surface area contributed by atoms with Gasteiger partial charge in [-0.15, -0.1) is 0 Å². The molecule has 3 aromatic carbocycles. The molecule has 0 aromatic heterocycles. The van der Waals surface area contributed by atoms with Gasteiger partial charge < -0.3 is 10.1 Å². The number of ether oxygens (including phenoxy) is 1. The van der Waals surface area contributed by atoms with Crippen LogP contribution in [0.25, 0.3) is 17.2 Å². The van der Waals surface area contributed by atoms with Gasteiger partial charge in [-0.1, -0.05) is 72.8 Å². The second-order valence-corrected chi connectivity index (χ2v) is 7.26. The fourth-order valence-corrected chi connectivity index (χ4v) is 3.91. The van der Waals surface area contributed by atoms with Gasteiger partial charge in [0.1, 0.15) is 18.5 Å². The van der Waals surface area contributed by atoms with Crippen molar-refractivity contribution in [2.45, 2.75) is 12.3 Å². The number of rotatable bonds is 6. The summed E-state index contributed by atoms with van der Waals surface area (Å²) in [6.45, 7) is 0.648. The van der Waals surface area contributed by atoms with Crippen molar-refractivity contribution in [3.8, 4) is 17.2 Å². The van der Waals surface area contributed by atoms with E-state index in [4.69, 9.17) is 10.00 Å². The van der Waals surface area contributed by atoms with Crippen LogP contribution in [0, 0.1) is 17.1 Å². The summed E-state index contributed by atoms with van der Waals surface area (Å²) < 4.78 is 19.1. The molecule has 0 heterocycles. The van der Waals surface area contributed by atoms with Gasteiger partial charge in [-0.05, 0) is 40.3 Å². The van der Waals surface area contributed by atoms with Crippen LogP contribution in [0.3, 0.4) is 0 Å². The Morgan fingerprint density at radius 1 is 1.03 bits per heavy atom. The summed E-state index contributed by atoms with van der Waals surface area (Å²) in [5.41, 5.74) is 5.25. The Kier molecular flexibility index (Phi) is 6.09. The minimum atomic E-state index is -0.540. The van der Waals surface area contributed by atoms with Crippen LogP contribution in [0.2, 0.25) is 0 Å². The largest absolute Gasteiger partial charge is 0.449 e. The number of fused-ring (bicyclic) bond motifs is 3. The predicted molar refractivity (Wildman–Crippen MR) is 118 cm³/mol. The van der Waals surface area contributed by atoms with E-state index in [1.807, 2.05) is 30.3 Å². The molecule has 0 bridgehead atoms. The molecule has 4 nitrogen and oxygen atoms in total. The van der Waals surface area contributed by atoms with Crippen LogP contribution < -0.4 is 5.32 Å². The van der Waals surface area contributed by atoms with Crippen molar-refractivity contribution in [3.05, 3.63) is 101 Å². The van der Waals surface area contributed by atoms with Crippen molar-refractivity contribution >= 4 is 12.2 Å². The highest BCUT2D eigenvalue weighted by Crippen LogP contribution is 2.44. The monoisotopic (exact) mass is 412 g/mol. The third kappa shape index (κ3) is 4.34. The van der Waals surface area contributed by atoms with Gasteiger partial charge in [0.15, 0.2) is 0 Å². The predicted octanol–water partition coefficient (Wildman–Crippen LogP) is 5.64. The van der Waals surface area contributed by atoms with E-state index < -0.39 is 11.9 Å². The number of nitriles is 1. The third-order valence-electron chi connectivity index (χ3n) is 5.38. The third-order valence-corrected chi connectivity index (χ3v) is 5.38. The first-order chi connectivity index (χ1) is 15.2. The zero-order valence-corrected chi connectivity index (χ0v) is 16.8. The number of benzene rings is 3. The Labute approximate surface area is 180 Å². The molecule has 0 radical (unpaired) electrons. The van der Waals surface area contributed by atoms with Gasteiger partial charge in [-0.25, -0.2) is 9.18 Å². The molecule has 1 aliphatic carbocycles. The van der Waals surface area contributed by atoms with Crippen LogP contribution in [-0.4, -0.2) is 19.2 Å². The van der Waals surface area contributed by atoms with Crippen molar-refractivity contribution in [3.63, 3.8) is 0 Å². The highest BCUT2D eigenvalue weighted by molar-refractivity contribution is 5.79. The summed E-state index contributed by atoms with van der Waals surface area (Å²) >= 11 is 0. The Bertz CT molecular complexity index is 1130. The lowest BCUT2D eigenvalue weighted by molar-refractivity contribution is 0.143. The minimum absolute atomic E-state index is 0.0169. The molecule has 0 fully saturated rings. The number of hydrogen-bond acceptors (Lipinski definition) is 3. The van der Waals surface area contributed by atoms with Crippen molar-refractivity contribution in [1.29, 1.82) is 5.26 Å². The van der Waals surface area contributed by atoms with Crippen molar-refractivity contribution in [2.75, 3.05) is 13.2 Å². The summed E-state index contributed by atoms with van der Waals surface area (Å²) in [5.74, 6) is -0.517. The Hall–Kier alpha value is -3.91. The molecule has 1 aliphatic rings. The van der Waals surface area contributed by atoms with Gasteiger partial charge in [0, 0.05) is 12.5 Å². The Balaban J connectivity index is 1.29. The van der Waals surface area contributed by atoms with Crippen LogP contribution in [0.15, 0.2) is 72.8 Å². The molecule has 0 atom stereocenters. The van der Waals surface area contributed by atoms with Crippen LogP contribution in [0.1, 0.15) is 34.6 Å². The summed E-state index contributed by atoms with van der Waals surface area (Å²) in [6, 6.07) is 22.7. The lowest BCUT2D eigenvalue weighted by atomic mass is 9.98. The number of alkyl carbamates (subject to hydrolysis) is 1. The summed E-state index contributed by atoms with van der Waals surface area (Å²) in [4.78, 5) is 12.2. The first kappa shape index (κ1) is 20.4. The minimum Gasteiger partial charge on any atom is -0.449 e. The van der Waals surface area contributed by atoms with Crippen LogP contribution in [0.5, 0.6) is 0 Å². The molecule has 0 aliphatic heterocycles. The fraction of sp³-hybridized carbons (Fsp3) is 0.154. The molecule has 1 N–H and O–H groups in total. The van der Waals surface area contributed by atoms with Crippen LogP contribution in [-0.2, 0) is 4.74 Å². The standard InChI is InChI=1S/C26H21FN2O2/c27-25-14-7-9-18(23(25)16-28)8-5-6-15-29-26(30)31-17-24-21-12-3-1-10-19(21)20-11-2-4-13-22(20)24/h1-5,7-14,24H,6,15,17H2,(H,29,30). The molecule has 0 spiro atoms. The van der Waals surface area contributed by atoms with E-state index in [9.17, 15) is 9.18 Å². The second kappa shape index (κ2) is 9.27. The van der Waals surface area contributed by atoms with E-state index in [0.29, 0.717) is 18.5 Å². The van der Waals surface area contributed by atoms with E-state index in [-0.39, 0.29) is 18.1 Å². The number of halogens is 1. The zero-order chi connectivity index (χ0) is 21.6. The molecule has 0 saturated heterocycles. The van der Waals surface area contributed by atoms with E-state index in [0.717, 1.165) is 0 Å². The molecular formula is C26H21FN2O2. The van der Waals surface area contributed by atoms with E-state index in [1.165, 1.54) is 28.3 Å². The Morgan fingerprint density at radius 2 is 1.71 bits per heavy atom. The molecule has 0 saturated carbocycles. The van der Waals surface area contributed by atoms with Crippen molar-refractivity contribution in [2.24, 2.45) is 0 Å². The summed E-state index contributed by atoms with van der Waals surface area (Å²) in [6.07, 6.45) is 3.53. The normalized spacial score (nSPS) is 12.3. The Morgan fingerprint density at radius 3 is 2.39 bits per heavy atom. The lowest BCUT2D eigenvalue weighted by Crippen LogP contribution is -2.26. The molecule has 4 rings (SSSR count). The van der Waals surface area contributed by atoms with Crippen LogP contribution >= 0.6 is 0 Å². The SMILES string of the molecule is N#Cc1c(F)cccc1C=CCCNC(=O)OCC1c2ccccc2-c2ccccc21. The average Bonchev–Trinajstić information content (AvgIpc) is 3.11. The first-order valence-corrected chi connectivity index (χ1v) is 10.1. The number of nitrogens with one attached hydrogen (secondary N) is 1. The van der Waals surface area contributed by atoms with Crippen molar-refractivity contribution < 1.29 is 13.9 Å². The van der Waals surface area contributed by atoms with Gasteiger partial charge in [0.2, 0.25) is 0 Å². The number of nitrogens with zero attached hydrogens (tertiary/aromatic N) is 1. The average molecular weight is 412 g/mol. The first-order valence-electron chi connectivity index (χ1n) is 10.1. The maximum Gasteiger partial charge on any atom is 0.407 e. The van der Waals surface area contributed by atoms with Gasteiger partial charge >= 0.3 is 6.09 Å². The quantitative estimate of drug-likeness (QED) is 0.533. The van der Waals surface area contributed by atoms with Gasteiger partial charge in [0.05, 0.1) is 5.56 Å². The van der Waals surface area contributed by atoms with Crippen LogP contribution in [0.4, 0.5) is 9.18 Å². The number of carbonyl (C=O) groups excluding carboxylic acids is 1. The zero-order valence-electron chi connectivity index (χ0n) is 16.8. The maximum atomic E-state index is 13.6. The van der Waals surface area contributed by atoms with Crippen molar-refractivity contribution in [1.82, 2.24) is 5.32 Å². The van der Waals surface area contributed by atoms with Gasteiger partial charge in [-0.3, -0.25) is 0 Å². The molecule has 0 unspecified atom stereocenters. The van der Waals surface area contributed by atoms with E-state index in [1.54, 1.807) is 24.3 Å². The number of hydrogen-bond donors (Lipinski definition) is 1. The second-order valence-electron chi connectivity index (χ2n) is 7.26. The summed E-state index contributed by atoms with van der Waals surface area (Å²) in [5, 5.41) is 11.8.